The molecular weight excluding hydrogens is 226 g/mol. The maximum atomic E-state index is 11.7. The predicted octanol–water partition coefficient (Wildman–Crippen LogP) is 2.27. The molecule has 0 saturated heterocycles. The van der Waals surface area contributed by atoms with Gasteiger partial charge in [0.1, 0.15) is 0 Å². The molecule has 0 fully saturated rings. The highest BCUT2D eigenvalue weighted by Gasteiger charge is 2.28. The standard InChI is InChI=1S/C14H21N3O/c1-6-13(18)16-8-10(2)17-11(9-16)7-12(15-17)14(3,4)5/h6-7,10H,1,8-9H2,2-5H3. The Morgan fingerprint density at radius 3 is 2.78 bits per heavy atom. The van der Waals surface area contributed by atoms with Gasteiger partial charge in [0.2, 0.25) is 5.91 Å². The summed E-state index contributed by atoms with van der Waals surface area (Å²) in [6.45, 7) is 13.4. The van der Waals surface area contributed by atoms with Crippen molar-refractivity contribution in [3.63, 3.8) is 0 Å². The van der Waals surface area contributed by atoms with Gasteiger partial charge in [-0.2, -0.15) is 5.10 Å². The third-order valence-corrected chi connectivity index (χ3v) is 3.32. The molecular formula is C14H21N3O. The number of carbonyl (C=O) groups excluding carboxylic acids is 1. The molecule has 0 saturated carbocycles. The third kappa shape index (κ3) is 2.19. The Morgan fingerprint density at radius 2 is 2.22 bits per heavy atom. The molecule has 0 radical (unpaired) electrons. The van der Waals surface area contributed by atoms with Gasteiger partial charge in [0.15, 0.2) is 0 Å². The maximum absolute atomic E-state index is 11.7. The van der Waals surface area contributed by atoms with Gasteiger partial charge in [-0.3, -0.25) is 9.48 Å². The fourth-order valence-corrected chi connectivity index (χ4v) is 2.25. The normalized spacial score (nSPS) is 19.6. The largest absolute Gasteiger partial charge is 0.331 e. The van der Waals surface area contributed by atoms with Crippen LogP contribution >= 0.6 is 0 Å². The van der Waals surface area contributed by atoms with Crippen LogP contribution < -0.4 is 0 Å². The van der Waals surface area contributed by atoms with Crippen LogP contribution in [0.1, 0.15) is 45.1 Å². The molecule has 1 unspecified atom stereocenters. The van der Waals surface area contributed by atoms with Crippen LogP contribution in [0.2, 0.25) is 0 Å². The van der Waals surface area contributed by atoms with Crippen molar-refractivity contribution in [2.75, 3.05) is 6.54 Å². The van der Waals surface area contributed by atoms with Crippen LogP contribution in [0.3, 0.4) is 0 Å². The molecule has 18 heavy (non-hydrogen) atoms. The van der Waals surface area contributed by atoms with E-state index < -0.39 is 0 Å². The molecule has 0 N–H and O–H groups in total. The lowest BCUT2D eigenvalue weighted by atomic mass is 9.92. The van der Waals surface area contributed by atoms with Gasteiger partial charge >= 0.3 is 0 Å². The molecule has 0 aliphatic carbocycles. The molecule has 1 aromatic rings. The Morgan fingerprint density at radius 1 is 1.56 bits per heavy atom. The van der Waals surface area contributed by atoms with E-state index in [1.165, 1.54) is 6.08 Å². The Balaban J connectivity index is 2.33. The lowest BCUT2D eigenvalue weighted by molar-refractivity contribution is -0.127. The predicted molar refractivity (Wildman–Crippen MR) is 71.3 cm³/mol. The summed E-state index contributed by atoms with van der Waals surface area (Å²) in [4.78, 5) is 13.5. The summed E-state index contributed by atoms with van der Waals surface area (Å²) in [6, 6.07) is 2.33. The minimum absolute atomic E-state index is 0.00777. The molecule has 1 amide bonds. The van der Waals surface area contributed by atoms with Crippen molar-refractivity contribution >= 4 is 5.91 Å². The second-order valence-electron chi connectivity index (χ2n) is 5.99. The first-order valence-electron chi connectivity index (χ1n) is 6.33. The van der Waals surface area contributed by atoms with Crippen molar-refractivity contribution in [2.24, 2.45) is 0 Å². The first kappa shape index (κ1) is 12.9. The summed E-state index contributed by atoms with van der Waals surface area (Å²) in [7, 11) is 0. The van der Waals surface area contributed by atoms with Crippen molar-refractivity contribution in [1.82, 2.24) is 14.7 Å². The summed E-state index contributed by atoms with van der Waals surface area (Å²) in [5.41, 5.74) is 2.23. The number of carbonyl (C=O) groups is 1. The highest BCUT2D eigenvalue weighted by atomic mass is 16.2. The molecule has 1 aliphatic heterocycles. The van der Waals surface area contributed by atoms with E-state index in [2.05, 4.69) is 45.4 Å². The molecule has 1 atom stereocenters. The number of hydrogen-bond acceptors (Lipinski definition) is 2. The Bertz CT molecular complexity index is 482. The van der Waals surface area contributed by atoms with E-state index >= 15 is 0 Å². The van der Waals surface area contributed by atoms with E-state index in [0.29, 0.717) is 13.1 Å². The zero-order valence-corrected chi connectivity index (χ0v) is 11.6. The first-order chi connectivity index (χ1) is 8.32. The minimum atomic E-state index is -0.00777. The van der Waals surface area contributed by atoms with Crippen molar-refractivity contribution in [3.8, 4) is 0 Å². The molecule has 1 aliphatic rings. The maximum Gasteiger partial charge on any atom is 0.246 e. The van der Waals surface area contributed by atoms with E-state index in [1.54, 1.807) is 0 Å². The summed E-state index contributed by atoms with van der Waals surface area (Å²) >= 11 is 0. The monoisotopic (exact) mass is 247 g/mol. The average molecular weight is 247 g/mol. The number of hydrogen-bond donors (Lipinski definition) is 0. The van der Waals surface area contributed by atoms with Gasteiger partial charge in [-0.15, -0.1) is 0 Å². The fourth-order valence-electron chi connectivity index (χ4n) is 2.25. The molecule has 0 bridgehead atoms. The van der Waals surface area contributed by atoms with Crippen LogP contribution in [-0.4, -0.2) is 27.1 Å². The van der Waals surface area contributed by atoms with Gasteiger partial charge in [0.25, 0.3) is 0 Å². The lowest BCUT2D eigenvalue weighted by Crippen LogP contribution is -2.39. The molecule has 2 heterocycles. The SMILES string of the molecule is C=CC(=O)N1Cc2cc(C(C)(C)C)nn2C(C)C1. The zero-order valence-electron chi connectivity index (χ0n) is 11.6. The van der Waals surface area contributed by atoms with E-state index in [4.69, 9.17) is 0 Å². The summed E-state index contributed by atoms with van der Waals surface area (Å²) < 4.78 is 2.05. The number of amides is 1. The number of fused-ring (bicyclic) bond motifs is 1. The van der Waals surface area contributed by atoms with Crippen LogP contribution in [0.4, 0.5) is 0 Å². The van der Waals surface area contributed by atoms with Gasteiger partial charge in [-0.25, -0.2) is 0 Å². The van der Waals surface area contributed by atoms with Crippen molar-refractivity contribution in [1.29, 1.82) is 0 Å². The van der Waals surface area contributed by atoms with Gasteiger partial charge in [0, 0.05) is 12.0 Å². The van der Waals surface area contributed by atoms with Gasteiger partial charge in [0.05, 0.1) is 24.0 Å². The van der Waals surface area contributed by atoms with Crippen LogP contribution in [-0.2, 0) is 16.8 Å². The number of nitrogens with zero attached hydrogens (tertiary/aromatic N) is 3. The second-order valence-corrected chi connectivity index (χ2v) is 5.99. The van der Waals surface area contributed by atoms with Gasteiger partial charge in [-0.05, 0) is 19.1 Å². The quantitative estimate of drug-likeness (QED) is 0.714. The summed E-state index contributed by atoms with van der Waals surface area (Å²) in [5, 5.41) is 4.68. The molecule has 2 rings (SSSR count). The lowest BCUT2D eigenvalue weighted by Gasteiger charge is -2.31. The van der Waals surface area contributed by atoms with Crippen LogP contribution in [0.25, 0.3) is 0 Å². The first-order valence-corrected chi connectivity index (χ1v) is 6.33. The summed E-state index contributed by atoms with van der Waals surface area (Å²) in [5.74, 6) is -0.00777. The molecule has 98 valence electrons. The Hall–Kier alpha value is -1.58. The van der Waals surface area contributed by atoms with Crippen LogP contribution in [0, 0.1) is 0 Å². The highest BCUT2D eigenvalue weighted by Crippen LogP contribution is 2.27. The summed E-state index contributed by atoms with van der Waals surface area (Å²) in [6.07, 6.45) is 1.38. The second kappa shape index (κ2) is 4.26. The van der Waals surface area contributed by atoms with Crippen LogP contribution in [0.15, 0.2) is 18.7 Å². The van der Waals surface area contributed by atoms with E-state index in [-0.39, 0.29) is 17.4 Å². The fraction of sp³-hybridized carbons (Fsp3) is 0.571. The Kier molecular flexibility index (Phi) is 3.05. The topological polar surface area (TPSA) is 38.1 Å². The smallest absolute Gasteiger partial charge is 0.246 e. The Labute approximate surface area is 108 Å². The third-order valence-electron chi connectivity index (χ3n) is 3.32. The van der Waals surface area contributed by atoms with Gasteiger partial charge < -0.3 is 4.90 Å². The number of aromatic nitrogens is 2. The van der Waals surface area contributed by atoms with Crippen LogP contribution in [0.5, 0.6) is 0 Å². The van der Waals surface area contributed by atoms with Crippen molar-refractivity contribution in [3.05, 3.63) is 30.1 Å². The molecule has 1 aromatic heterocycles. The van der Waals surface area contributed by atoms with Crippen molar-refractivity contribution in [2.45, 2.75) is 45.7 Å². The number of rotatable bonds is 1. The van der Waals surface area contributed by atoms with Gasteiger partial charge in [-0.1, -0.05) is 27.4 Å². The molecule has 4 heteroatoms. The van der Waals surface area contributed by atoms with E-state index in [9.17, 15) is 4.79 Å². The van der Waals surface area contributed by atoms with E-state index in [0.717, 1.165) is 11.4 Å². The molecule has 4 nitrogen and oxygen atoms in total. The molecule has 0 spiro atoms. The molecule has 0 aromatic carbocycles. The average Bonchev–Trinajstić information content (AvgIpc) is 2.72. The minimum Gasteiger partial charge on any atom is -0.331 e. The highest BCUT2D eigenvalue weighted by molar-refractivity contribution is 5.87. The zero-order chi connectivity index (χ0) is 13.5. The van der Waals surface area contributed by atoms with E-state index in [1.807, 2.05) is 9.58 Å². The van der Waals surface area contributed by atoms with Crippen molar-refractivity contribution < 1.29 is 4.79 Å².